The van der Waals surface area contributed by atoms with Crippen LogP contribution in [0.25, 0.3) is 0 Å². The van der Waals surface area contributed by atoms with Gasteiger partial charge in [0.1, 0.15) is 17.2 Å². The highest BCUT2D eigenvalue weighted by atomic mass is 19.1. The molecule has 10 heteroatoms. The van der Waals surface area contributed by atoms with Crippen LogP contribution in [0.1, 0.15) is 65.2 Å². The minimum Gasteiger partial charge on any atom is -0.444 e. The summed E-state index contributed by atoms with van der Waals surface area (Å²) in [6.45, 7) is 13.0. The number of hydrogen-bond acceptors (Lipinski definition) is 5. The maximum Gasteiger partial charge on any atom is 0.497 e. The molecule has 0 spiro atoms. The van der Waals surface area contributed by atoms with Gasteiger partial charge in [0.15, 0.2) is 0 Å². The van der Waals surface area contributed by atoms with Gasteiger partial charge in [-0.15, -0.1) is 0 Å². The van der Waals surface area contributed by atoms with Gasteiger partial charge in [-0.3, -0.25) is 4.79 Å². The van der Waals surface area contributed by atoms with Crippen molar-refractivity contribution < 1.29 is 32.4 Å². The van der Waals surface area contributed by atoms with Gasteiger partial charge < -0.3 is 24.3 Å². The van der Waals surface area contributed by atoms with E-state index in [2.05, 4.69) is 5.32 Å². The first-order chi connectivity index (χ1) is 14.6. The molecule has 0 saturated carbocycles. The Morgan fingerprint density at radius 3 is 2.28 bits per heavy atom. The molecular formula is C22H31BF2N2O5. The molecule has 1 atom stereocenters. The Bertz CT molecular complexity index is 900. The zero-order chi connectivity index (χ0) is 24.1. The summed E-state index contributed by atoms with van der Waals surface area (Å²) >= 11 is 0. The molecule has 7 nitrogen and oxygen atoms in total. The van der Waals surface area contributed by atoms with Crippen LogP contribution in [0.5, 0.6) is 0 Å². The molecule has 2 aliphatic heterocycles. The fourth-order valence-electron chi connectivity index (χ4n) is 3.58. The number of carbonyl (C=O) groups is 2. The van der Waals surface area contributed by atoms with Gasteiger partial charge in [0.05, 0.1) is 22.8 Å². The van der Waals surface area contributed by atoms with Gasteiger partial charge in [-0.25, -0.2) is 13.6 Å². The van der Waals surface area contributed by atoms with Crippen molar-refractivity contribution in [2.24, 2.45) is 0 Å². The highest BCUT2D eigenvalue weighted by Crippen LogP contribution is 2.36. The summed E-state index contributed by atoms with van der Waals surface area (Å²) in [6.07, 6.45) is -0.0954. The van der Waals surface area contributed by atoms with Crippen LogP contribution in [0.2, 0.25) is 0 Å². The molecule has 176 valence electrons. The van der Waals surface area contributed by atoms with Crippen LogP contribution in [-0.4, -0.2) is 60.0 Å². The van der Waals surface area contributed by atoms with E-state index in [9.17, 15) is 18.4 Å². The van der Waals surface area contributed by atoms with Crippen LogP contribution in [-0.2, 0) is 14.0 Å². The van der Waals surface area contributed by atoms with Gasteiger partial charge in [0.25, 0.3) is 5.91 Å². The lowest BCUT2D eigenvalue weighted by Gasteiger charge is -2.32. The van der Waals surface area contributed by atoms with Gasteiger partial charge >= 0.3 is 13.2 Å². The largest absolute Gasteiger partial charge is 0.497 e. The van der Waals surface area contributed by atoms with Gasteiger partial charge in [-0.05, 0) is 67.0 Å². The molecule has 1 aromatic rings. The Labute approximate surface area is 187 Å². The van der Waals surface area contributed by atoms with Gasteiger partial charge in [0.2, 0.25) is 0 Å². The molecule has 32 heavy (non-hydrogen) atoms. The van der Waals surface area contributed by atoms with Crippen molar-refractivity contribution in [1.82, 2.24) is 10.2 Å². The predicted molar refractivity (Wildman–Crippen MR) is 116 cm³/mol. The minimum atomic E-state index is -1.08. The van der Waals surface area contributed by atoms with Crippen LogP contribution in [0, 0.1) is 11.6 Å². The smallest absolute Gasteiger partial charge is 0.444 e. The molecule has 3 rings (SSSR count). The first-order valence-electron chi connectivity index (χ1n) is 10.7. The van der Waals surface area contributed by atoms with Gasteiger partial charge in [-0.2, -0.15) is 0 Å². The van der Waals surface area contributed by atoms with E-state index in [-0.39, 0.29) is 23.6 Å². The first-order valence-corrected chi connectivity index (χ1v) is 10.7. The van der Waals surface area contributed by atoms with Crippen molar-refractivity contribution >= 4 is 24.6 Å². The Morgan fingerprint density at radius 2 is 1.72 bits per heavy atom. The Morgan fingerprint density at radius 1 is 1.12 bits per heavy atom. The summed E-state index contributed by atoms with van der Waals surface area (Å²) in [4.78, 5) is 26.2. The van der Waals surface area contributed by atoms with Crippen LogP contribution in [0.15, 0.2) is 12.1 Å². The number of amides is 2. The second-order valence-electron chi connectivity index (χ2n) is 10.3. The number of hydrogen-bond donors (Lipinski definition) is 1. The van der Waals surface area contributed by atoms with E-state index in [0.29, 0.717) is 13.0 Å². The second-order valence-corrected chi connectivity index (χ2v) is 10.3. The lowest BCUT2D eigenvalue weighted by molar-refractivity contribution is 0.00578. The van der Waals surface area contributed by atoms with Crippen molar-refractivity contribution in [3.8, 4) is 0 Å². The van der Waals surface area contributed by atoms with Crippen molar-refractivity contribution in [1.29, 1.82) is 0 Å². The number of nitrogens with zero attached hydrogens (tertiary/aromatic N) is 1. The van der Waals surface area contributed by atoms with Crippen molar-refractivity contribution in [2.45, 2.75) is 77.7 Å². The highest BCUT2D eigenvalue weighted by molar-refractivity contribution is 6.62. The highest BCUT2D eigenvalue weighted by Gasteiger charge is 2.52. The number of nitrogens with one attached hydrogen (secondary N) is 1. The van der Waals surface area contributed by atoms with Crippen molar-refractivity contribution in [3.63, 3.8) is 0 Å². The second kappa shape index (κ2) is 8.30. The van der Waals surface area contributed by atoms with E-state index in [4.69, 9.17) is 14.0 Å². The molecule has 2 saturated heterocycles. The maximum atomic E-state index is 14.9. The van der Waals surface area contributed by atoms with Crippen molar-refractivity contribution in [2.75, 3.05) is 13.1 Å². The normalized spacial score (nSPS) is 22.2. The fraction of sp³-hybridized carbons (Fsp3) is 0.636. The Hall–Kier alpha value is -2.20. The third-order valence-corrected chi connectivity index (χ3v) is 6.02. The quantitative estimate of drug-likeness (QED) is 0.714. The third kappa shape index (κ3) is 5.06. The lowest BCUT2D eigenvalue weighted by Crippen LogP contribution is -2.41. The molecule has 1 unspecified atom stereocenters. The van der Waals surface area contributed by atoms with Crippen LogP contribution >= 0.6 is 0 Å². The van der Waals surface area contributed by atoms with E-state index in [0.717, 1.165) is 12.1 Å². The summed E-state index contributed by atoms with van der Waals surface area (Å²) in [7, 11) is -1.08. The Kier molecular flexibility index (Phi) is 6.34. The molecular weight excluding hydrogens is 421 g/mol. The van der Waals surface area contributed by atoms with Crippen LogP contribution in [0.3, 0.4) is 0 Å². The summed E-state index contributed by atoms with van der Waals surface area (Å²) in [5, 5.41) is 2.70. The number of likely N-dealkylation sites (tertiary alicyclic amines) is 1. The average molecular weight is 452 g/mol. The monoisotopic (exact) mass is 452 g/mol. The zero-order valence-electron chi connectivity index (χ0n) is 19.7. The Balaban J connectivity index is 1.70. The first kappa shape index (κ1) is 24.4. The number of ether oxygens (including phenoxy) is 1. The van der Waals surface area contributed by atoms with Crippen LogP contribution < -0.4 is 10.8 Å². The summed E-state index contributed by atoms with van der Waals surface area (Å²) in [5.74, 6) is -2.28. The molecule has 0 aromatic heterocycles. The number of rotatable bonds is 3. The van der Waals surface area contributed by atoms with E-state index in [1.165, 1.54) is 4.90 Å². The van der Waals surface area contributed by atoms with Crippen LogP contribution in [0.4, 0.5) is 13.6 Å². The number of carbonyl (C=O) groups excluding carboxylic acids is 2. The number of benzene rings is 1. The van der Waals surface area contributed by atoms with Gasteiger partial charge in [0, 0.05) is 18.6 Å². The fourth-order valence-corrected chi connectivity index (χ4v) is 3.58. The molecule has 0 radical (unpaired) electrons. The standard InChI is InChI=1S/C22H31BF2N2O5/c1-20(2,3)30-19(29)26-13-8-9-27(12-13)18(28)14-10-17(25)15(11-16(14)24)23-31-21(4,5)22(6,7)32-23/h10-11,13H,8-9,12H2,1-7H3,(H,26,29). The lowest BCUT2D eigenvalue weighted by atomic mass is 9.78. The molecule has 0 bridgehead atoms. The molecule has 1 N–H and O–H groups in total. The number of alkyl carbamates (subject to hydrolysis) is 1. The summed E-state index contributed by atoms with van der Waals surface area (Å²) in [5.41, 5.74) is -2.52. The maximum absolute atomic E-state index is 14.9. The van der Waals surface area contributed by atoms with Crippen molar-refractivity contribution in [3.05, 3.63) is 29.3 Å². The summed E-state index contributed by atoms with van der Waals surface area (Å²) in [6, 6.07) is 1.51. The third-order valence-electron chi connectivity index (χ3n) is 6.02. The van der Waals surface area contributed by atoms with Gasteiger partial charge in [-0.1, -0.05) is 0 Å². The number of halogens is 2. The van der Waals surface area contributed by atoms with E-state index >= 15 is 0 Å². The average Bonchev–Trinajstić information content (AvgIpc) is 3.16. The molecule has 2 fully saturated rings. The molecule has 2 amide bonds. The van der Waals surface area contributed by atoms with E-state index < -0.39 is 47.6 Å². The summed E-state index contributed by atoms with van der Waals surface area (Å²) < 4.78 is 46.5. The molecule has 2 heterocycles. The zero-order valence-corrected chi connectivity index (χ0v) is 19.7. The predicted octanol–water partition coefficient (Wildman–Crippen LogP) is 3.00. The van der Waals surface area contributed by atoms with E-state index in [1.807, 2.05) is 27.7 Å². The minimum absolute atomic E-state index is 0.0939. The van der Waals surface area contributed by atoms with E-state index in [1.54, 1.807) is 20.8 Å². The molecule has 2 aliphatic rings. The SMILES string of the molecule is CC(C)(C)OC(=O)NC1CCN(C(=O)c2cc(F)c(B3OC(C)(C)C(C)(C)O3)cc2F)C1. The molecule has 0 aliphatic carbocycles. The topological polar surface area (TPSA) is 77.1 Å². The molecule has 1 aromatic carbocycles.